The van der Waals surface area contributed by atoms with Gasteiger partial charge in [0.2, 0.25) is 0 Å². The van der Waals surface area contributed by atoms with Crippen molar-refractivity contribution in [3.05, 3.63) is 52.6 Å². The number of fused-ring (bicyclic) bond motifs is 1. The molecule has 0 saturated carbocycles. The molecule has 5 nitrogen and oxygen atoms in total. The normalized spacial score (nSPS) is 12.4. The number of ether oxygens (including phenoxy) is 2. The highest BCUT2D eigenvalue weighted by Crippen LogP contribution is 2.34. The Morgan fingerprint density at radius 2 is 1.86 bits per heavy atom. The molecule has 0 spiro atoms. The first-order valence-electron chi connectivity index (χ1n) is 8.95. The molecular weight excluding hydrogens is 442 g/mol. The van der Waals surface area contributed by atoms with E-state index in [4.69, 9.17) is 9.47 Å². The summed E-state index contributed by atoms with van der Waals surface area (Å²) < 4.78 is 26.2. The fraction of sp³-hybridized carbons (Fsp3) is 0.286. The monoisotopic (exact) mass is 463 g/mol. The second-order valence-corrected chi connectivity index (χ2v) is 8.74. The van der Waals surface area contributed by atoms with Gasteiger partial charge in [0.1, 0.15) is 11.4 Å². The number of aromatic nitrogens is 1. The standard InChI is InChI=1S/C21H22BrNO4S/c1-5-26-21(24)19-20(28(4)25)17-12-14(22)6-11-18(17)23(19)15-7-9-16(10-8-15)27-13(2)3/h6-13H,5H2,1-4H3. The molecule has 1 aromatic heterocycles. The predicted octanol–water partition coefficient (Wildman–Crippen LogP) is 5.09. The minimum Gasteiger partial charge on any atom is -0.491 e. The average molecular weight is 464 g/mol. The molecule has 7 heteroatoms. The summed E-state index contributed by atoms with van der Waals surface area (Å²) in [6.45, 7) is 5.92. The SMILES string of the molecule is CCOC(=O)c1c(S(C)=O)c2cc(Br)ccc2n1-c1ccc(OC(C)C)cc1. The molecule has 0 fully saturated rings. The van der Waals surface area contributed by atoms with E-state index in [0.29, 0.717) is 4.90 Å². The summed E-state index contributed by atoms with van der Waals surface area (Å²) in [6.07, 6.45) is 1.64. The van der Waals surface area contributed by atoms with Gasteiger partial charge in [0, 0.05) is 21.8 Å². The Labute approximate surface area is 175 Å². The minimum atomic E-state index is -1.38. The van der Waals surface area contributed by atoms with Gasteiger partial charge >= 0.3 is 5.97 Å². The van der Waals surface area contributed by atoms with E-state index in [9.17, 15) is 9.00 Å². The van der Waals surface area contributed by atoms with E-state index in [-0.39, 0.29) is 18.4 Å². The molecule has 2 aromatic carbocycles. The van der Waals surface area contributed by atoms with E-state index in [1.54, 1.807) is 17.7 Å². The van der Waals surface area contributed by atoms with Crippen molar-refractivity contribution >= 4 is 43.6 Å². The largest absolute Gasteiger partial charge is 0.491 e. The van der Waals surface area contributed by atoms with Crippen LogP contribution in [0.15, 0.2) is 51.8 Å². The molecule has 1 heterocycles. The van der Waals surface area contributed by atoms with Gasteiger partial charge in [0.05, 0.1) is 33.9 Å². The summed E-state index contributed by atoms with van der Waals surface area (Å²) in [6, 6.07) is 13.1. The van der Waals surface area contributed by atoms with Crippen molar-refractivity contribution < 1.29 is 18.5 Å². The van der Waals surface area contributed by atoms with Crippen LogP contribution in [-0.2, 0) is 15.5 Å². The highest BCUT2D eigenvalue weighted by molar-refractivity contribution is 9.10. The van der Waals surface area contributed by atoms with Gasteiger partial charge in [0.25, 0.3) is 0 Å². The number of hydrogen-bond acceptors (Lipinski definition) is 4. The molecule has 0 amide bonds. The van der Waals surface area contributed by atoms with Crippen LogP contribution < -0.4 is 4.74 Å². The molecule has 3 aromatic rings. The van der Waals surface area contributed by atoms with Crippen LogP contribution in [0.3, 0.4) is 0 Å². The van der Waals surface area contributed by atoms with Crippen LogP contribution in [0.2, 0.25) is 0 Å². The fourth-order valence-corrected chi connectivity index (χ4v) is 4.40. The van der Waals surface area contributed by atoms with Crippen molar-refractivity contribution in [2.75, 3.05) is 12.9 Å². The van der Waals surface area contributed by atoms with Gasteiger partial charge in [0.15, 0.2) is 0 Å². The van der Waals surface area contributed by atoms with Gasteiger partial charge in [-0.1, -0.05) is 15.9 Å². The van der Waals surface area contributed by atoms with Crippen molar-refractivity contribution in [2.24, 2.45) is 0 Å². The number of carbonyl (C=O) groups excluding carboxylic acids is 1. The summed E-state index contributed by atoms with van der Waals surface area (Å²) in [4.78, 5) is 13.3. The van der Waals surface area contributed by atoms with Crippen molar-refractivity contribution in [3.8, 4) is 11.4 Å². The minimum absolute atomic E-state index is 0.0693. The Bertz CT molecular complexity index is 1040. The molecule has 1 atom stereocenters. The van der Waals surface area contributed by atoms with E-state index in [0.717, 1.165) is 26.8 Å². The molecule has 0 N–H and O–H groups in total. The third-order valence-corrected chi connectivity index (χ3v) is 5.59. The second kappa shape index (κ2) is 8.49. The lowest BCUT2D eigenvalue weighted by Crippen LogP contribution is -2.13. The van der Waals surface area contributed by atoms with Crippen LogP contribution in [0.5, 0.6) is 5.75 Å². The van der Waals surface area contributed by atoms with Gasteiger partial charge < -0.3 is 14.0 Å². The van der Waals surface area contributed by atoms with Crippen molar-refractivity contribution in [3.63, 3.8) is 0 Å². The molecule has 0 saturated heterocycles. The zero-order chi connectivity index (χ0) is 20.4. The van der Waals surface area contributed by atoms with Gasteiger partial charge in [-0.05, 0) is 63.2 Å². The molecule has 1 unspecified atom stereocenters. The van der Waals surface area contributed by atoms with Crippen molar-refractivity contribution in [2.45, 2.75) is 31.8 Å². The highest BCUT2D eigenvalue weighted by atomic mass is 79.9. The predicted molar refractivity (Wildman–Crippen MR) is 115 cm³/mol. The molecule has 148 valence electrons. The molecule has 0 bridgehead atoms. The number of hydrogen-bond donors (Lipinski definition) is 0. The summed E-state index contributed by atoms with van der Waals surface area (Å²) >= 11 is 3.47. The number of halogens is 1. The van der Waals surface area contributed by atoms with Gasteiger partial charge in [-0.2, -0.15) is 0 Å². The Hall–Kier alpha value is -2.12. The lowest BCUT2D eigenvalue weighted by molar-refractivity contribution is 0.0513. The first-order chi connectivity index (χ1) is 13.3. The summed E-state index contributed by atoms with van der Waals surface area (Å²) in [5.41, 5.74) is 1.84. The quantitative estimate of drug-likeness (QED) is 0.477. The Morgan fingerprint density at radius 1 is 1.18 bits per heavy atom. The molecule has 28 heavy (non-hydrogen) atoms. The summed E-state index contributed by atoms with van der Waals surface area (Å²) in [7, 11) is -1.38. The Balaban J connectivity index is 2.29. The van der Waals surface area contributed by atoms with E-state index in [2.05, 4.69) is 15.9 Å². The maximum Gasteiger partial charge on any atom is 0.356 e. The summed E-state index contributed by atoms with van der Waals surface area (Å²) in [5, 5.41) is 0.751. The first-order valence-corrected chi connectivity index (χ1v) is 11.3. The lowest BCUT2D eigenvalue weighted by atomic mass is 10.2. The zero-order valence-corrected chi connectivity index (χ0v) is 18.6. The van der Waals surface area contributed by atoms with Crippen LogP contribution in [0, 0.1) is 0 Å². The third-order valence-electron chi connectivity index (χ3n) is 4.11. The second-order valence-electron chi connectivity index (χ2n) is 6.51. The van der Waals surface area contributed by atoms with Crippen LogP contribution in [0.4, 0.5) is 0 Å². The van der Waals surface area contributed by atoms with Crippen LogP contribution in [-0.4, -0.2) is 33.7 Å². The Kier molecular flexibility index (Phi) is 6.25. The maximum atomic E-state index is 12.8. The molecular formula is C21H22BrNO4S. The fourth-order valence-electron chi connectivity index (χ4n) is 3.12. The third kappa shape index (κ3) is 4.00. The average Bonchev–Trinajstić information content (AvgIpc) is 2.96. The van der Waals surface area contributed by atoms with Gasteiger partial charge in [-0.15, -0.1) is 0 Å². The van der Waals surface area contributed by atoms with Crippen molar-refractivity contribution in [1.29, 1.82) is 0 Å². The van der Waals surface area contributed by atoms with E-state index in [1.807, 2.05) is 56.3 Å². The molecule has 0 aliphatic carbocycles. The van der Waals surface area contributed by atoms with Gasteiger partial charge in [-0.25, -0.2) is 4.79 Å². The molecule has 3 rings (SSSR count). The smallest absolute Gasteiger partial charge is 0.356 e. The maximum absolute atomic E-state index is 12.8. The van der Waals surface area contributed by atoms with Gasteiger partial charge in [-0.3, -0.25) is 4.21 Å². The molecule has 0 aliphatic rings. The van der Waals surface area contributed by atoms with Crippen LogP contribution >= 0.6 is 15.9 Å². The summed E-state index contributed by atoms with van der Waals surface area (Å²) in [5.74, 6) is 0.248. The van der Waals surface area contributed by atoms with Crippen LogP contribution in [0.1, 0.15) is 31.3 Å². The number of rotatable bonds is 6. The topological polar surface area (TPSA) is 57.5 Å². The Morgan fingerprint density at radius 3 is 2.43 bits per heavy atom. The number of nitrogens with zero attached hydrogens (tertiary/aromatic N) is 1. The molecule has 0 aliphatic heterocycles. The van der Waals surface area contributed by atoms with Crippen molar-refractivity contribution in [1.82, 2.24) is 4.57 Å². The number of carbonyl (C=O) groups is 1. The van der Waals surface area contributed by atoms with E-state index < -0.39 is 16.8 Å². The first kappa shape index (κ1) is 20.6. The van der Waals surface area contributed by atoms with Crippen LogP contribution in [0.25, 0.3) is 16.6 Å². The highest BCUT2D eigenvalue weighted by Gasteiger charge is 2.27. The number of benzene rings is 2. The van der Waals surface area contributed by atoms with E-state index >= 15 is 0 Å². The lowest BCUT2D eigenvalue weighted by Gasteiger charge is -2.13. The number of esters is 1. The zero-order valence-electron chi connectivity index (χ0n) is 16.2. The van der Waals surface area contributed by atoms with E-state index in [1.165, 1.54) is 0 Å². The molecule has 0 radical (unpaired) electrons.